The van der Waals surface area contributed by atoms with Gasteiger partial charge in [-0.25, -0.2) is 0 Å². The first-order valence-electron chi connectivity index (χ1n) is 7.20. The standard InChI is InChI=1S/C16H23N3/c1-19(2)16(12-6-5-9-17-10-12)14-11-18-15-8-4-3-7-13(14)15/h3-4,7-8,11-12,16-18H,5-6,9-10H2,1-2H3. The molecule has 0 saturated carbocycles. The van der Waals surface area contributed by atoms with Crippen LogP contribution in [0.1, 0.15) is 24.4 Å². The Hall–Kier alpha value is -1.32. The third-order valence-corrected chi connectivity index (χ3v) is 4.28. The number of H-pyrrole nitrogens is 1. The molecule has 0 radical (unpaired) electrons. The quantitative estimate of drug-likeness (QED) is 0.886. The normalized spacial score (nSPS) is 21.9. The second kappa shape index (κ2) is 5.35. The summed E-state index contributed by atoms with van der Waals surface area (Å²) in [5.74, 6) is 0.697. The molecule has 3 rings (SSSR count). The maximum absolute atomic E-state index is 3.54. The van der Waals surface area contributed by atoms with E-state index in [9.17, 15) is 0 Å². The number of benzene rings is 1. The summed E-state index contributed by atoms with van der Waals surface area (Å²) in [5, 5.41) is 4.91. The van der Waals surface area contributed by atoms with Crippen LogP contribution in [0.25, 0.3) is 10.9 Å². The summed E-state index contributed by atoms with van der Waals surface area (Å²) < 4.78 is 0. The Kier molecular flexibility index (Phi) is 3.58. The fourth-order valence-corrected chi connectivity index (χ4v) is 3.44. The molecule has 1 aliphatic heterocycles. The highest BCUT2D eigenvalue weighted by Crippen LogP contribution is 2.35. The van der Waals surface area contributed by atoms with Gasteiger partial charge in [0.2, 0.25) is 0 Å². The molecule has 2 unspecified atom stereocenters. The minimum atomic E-state index is 0.490. The monoisotopic (exact) mass is 257 g/mol. The molecular weight excluding hydrogens is 234 g/mol. The van der Waals surface area contributed by atoms with Gasteiger partial charge in [0.25, 0.3) is 0 Å². The van der Waals surface area contributed by atoms with Gasteiger partial charge in [0.05, 0.1) is 0 Å². The number of fused-ring (bicyclic) bond motifs is 1. The number of aromatic amines is 1. The lowest BCUT2D eigenvalue weighted by Gasteiger charge is -2.35. The molecule has 102 valence electrons. The number of hydrogen-bond donors (Lipinski definition) is 2. The van der Waals surface area contributed by atoms with Crippen LogP contribution in [0.4, 0.5) is 0 Å². The Morgan fingerprint density at radius 3 is 2.84 bits per heavy atom. The van der Waals surface area contributed by atoms with Crippen molar-refractivity contribution in [3.8, 4) is 0 Å². The van der Waals surface area contributed by atoms with E-state index in [-0.39, 0.29) is 0 Å². The molecule has 0 aliphatic carbocycles. The average Bonchev–Trinajstić information content (AvgIpc) is 2.84. The Labute approximate surface area is 115 Å². The van der Waals surface area contributed by atoms with Gasteiger partial charge < -0.3 is 15.2 Å². The van der Waals surface area contributed by atoms with Gasteiger partial charge >= 0.3 is 0 Å². The van der Waals surface area contributed by atoms with Crippen molar-refractivity contribution in [3.63, 3.8) is 0 Å². The highest BCUT2D eigenvalue weighted by Gasteiger charge is 2.28. The van der Waals surface area contributed by atoms with Crippen molar-refractivity contribution in [2.75, 3.05) is 27.2 Å². The van der Waals surface area contributed by atoms with Crippen molar-refractivity contribution in [1.29, 1.82) is 0 Å². The topological polar surface area (TPSA) is 31.1 Å². The molecule has 19 heavy (non-hydrogen) atoms. The summed E-state index contributed by atoms with van der Waals surface area (Å²) in [6, 6.07) is 9.10. The molecule has 0 amide bonds. The van der Waals surface area contributed by atoms with E-state index in [1.165, 1.54) is 35.9 Å². The van der Waals surface area contributed by atoms with Gasteiger partial charge in [-0.05, 0) is 57.6 Å². The summed E-state index contributed by atoms with van der Waals surface area (Å²) in [4.78, 5) is 5.78. The van der Waals surface area contributed by atoms with Crippen LogP contribution in [-0.2, 0) is 0 Å². The molecule has 1 aliphatic rings. The first-order valence-corrected chi connectivity index (χ1v) is 7.20. The fraction of sp³-hybridized carbons (Fsp3) is 0.500. The molecule has 1 saturated heterocycles. The van der Waals surface area contributed by atoms with E-state index in [0.29, 0.717) is 12.0 Å². The van der Waals surface area contributed by atoms with Crippen LogP contribution in [0, 0.1) is 5.92 Å². The van der Waals surface area contributed by atoms with Crippen molar-refractivity contribution >= 4 is 10.9 Å². The first kappa shape index (κ1) is 12.7. The number of nitrogens with zero attached hydrogens (tertiary/aromatic N) is 1. The average molecular weight is 257 g/mol. The van der Waals surface area contributed by atoms with Crippen molar-refractivity contribution in [2.24, 2.45) is 5.92 Å². The number of aromatic nitrogens is 1. The molecule has 3 heteroatoms. The predicted molar refractivity (Wildman–Crippen MR) is 80.3 cm³/mol. The Morgan fingerprint density at radius 1 is 1.26 bits per heavy atom. The van der Waals surface area contributed by atoms with Gasteiger partial charge in [-0.3, -0.25) is 0 Å². The molecule has 2 N–H and O–H groups in total. The van der Waals surface area contributed by atoms with Crippen LogP contribution in [-0.4, -0.2) is 37.1 Å². The lowest BCUT2D eigenvalue weighted by molar-refractivity contribution is 0.182. The molecule has 1 aromatic carbocycles. The summed E-state index contributed by atoms with van der Waals surface area (Å²) in [7, 11) is 4.39. The van der Waals surface area contributed by atoms with Crippen LogP contribution in [0.15, 0.2) is 30.5 Å². The van der Waals surface area contributed by atoms with Gasteiger partial charge in [0.15, 0.2) is 0 Å². The van der Waals surface area contributed by atoms with Crippen molar-refractivity contribution in [2.45, 2.75) is 18.9 Å². The fourth-order valence-electron chi connectivity index (χ4n) is 3.44. The van der Waals surface area contributed by atoms with Crippen molar-refractivity contribution in [3.05, 3.63) is 36.0 Å². The number of hydrogen-bond acceptors (Lipinski definition) is 2. The zero-order valence-corrected chi connectivity index (χ0v) is 11.8. The molecule has 2 aromatic rings. The Morgan fingerprint density at radius 2 is 2.11 bits per heavy atom. The van der Waals surface area contributed by atoms with E-state index in [1.54, 1.807) is 0 Å². The third-order valence-electron chi connectivity index (χ3n) is 4.28. The maximum Gasteiger partial charge on any atom is 0.0457 e. The molecule has 2 atom stereocenters. The van der Waals surface area contributed by atoms with Crippen molar-refractivity contribution < 1.29 is 0 Å². The molecule has 0 bridgehead atoms. The minimum Gasteiger partial charge on any atom is -0.361 e. The molecule has 2 heterocycles. The van der Waals surface area contributed by atoms with E-state index < -0.39 is 0 Å². The molecule has 1 fully saturated rings. The number of piperidine rings is 1. The van der Waals surface area contributed by atoms with Crippen LogP contribution >= 0.6 is 0 Å². The molecular formula is C16H23N3. The number of rotatable bonds is 3. The van der Waals surface area contributed by atoms with E-state index >= 15 is 0 Å². The van der Waals surface area contributed by atoms with E-state index in [2.05, 4.69) is 59.8 Å². The van der Waals surface area contributed by atoms with Gasteiger partial charge in [-0.15, -0.1) is 0 Å². The highest BCUT2D eigenvalue weighted by molar-refractivity contribution is 5.83. The summed E-state index contributed by atoms with van der Waals surface area (Å²) >= 11 is 0. The second-order valence-corrected chi connectivity index (χ2v) is 5.80. The van der Waals surface area contributed by atoms with Gasteiger partial charge in [0, 0.05) is 23.1 Å². The van der Waals surface area contributed by atoms with E-state index in [0.717, 1.165) is 6.54 Å². The number of nitrogens with one attached hydrogen (secondary N) is 2. The SMILES string of the molecule is CN(C)C(c1c[nH]c2ccccc12)C1CCCNC1. The van der Waals surface area contributed by atoms with E-state index in [4.69, 9.17) is 0 Å². The van der Waals surface area contributed by atoms with Crippen LogP contribution < -0.4 is 5.32 Å². The van der Waals surface area contributed by atoms with Crippen molar-refractivity contribution in [1.82, 2.24) is 15.2 Å². The largest absolute Gasteiger partial charge is 0.361 e. The third kappa shape index (κ3) is 2.40. The molecule has 0 spiro atoms. The predicted octanol–water partition coefficient (Wildman–Crippen LogP) is 2.77. The zero-order chi connectivity index (χ0) is 13.2. The first-order chi connectivity index (χ1) is 9.27. The van der Waals surface area contributed by atoms with Gasteiger partial charge in [-0.1, -0.05) is 18.2 Å². The van der Waals surface area contributed by atoms with Gasteiger partial charge in [-0.2, -0.15) is 0 Å². The summed E-state index contributed by atoms with van der Waals surface area (Å²) in [5.41, 5.74) is 2.68. The Bertz CT molecular complexity index is 538. The van der Waals surface area contributed by atoms with Crippen LogP contribution in [0.2, 0.25) is 0 Å². The smallest absolute Gasteiger partial charge is 0.0457 e. The van der Waals surface area contributed by atoms with Gasteiger partial charge in [0.1, 0.15) is 0 Å². The zero-order valence-electron chi connectivity index (χ0n) is 11.8. The maximum atomic E-state index is 3.54. The second-order valence-electron chi connectivity index (χ2n) is 5.80. The minimum absolute atomic E-state index is 0.490. The lowest BCUT2D eigenvalue weighted by Crippen LogP contribution is -2.38. The molecule has 3 nitrogen and oxygen atoms in total. The summed E-state index contributed by atoms with van der Waals surface area (Å²) in [6.45, 7) is 2.30. The van der Waals surface area contributed by atoms with Crippen LogP contribution in [0.3, 0.4) is 0 Å². The Balaban J connectivity index is 1.99. The van der Waals surface area contributed by atoms with E-state index in [1.807, 2.05) is 0 Å². The number of para-hydroxylation sites is 1. The molecule has 1 aromatic heterocycles. The van der Waals surface area contributed by atoms with Crippen LogP contribution in [0.5, 0.6) is 0 Å². The highest BCUT2D eigenvalue weighted by atomic mass is 15.1. The lowest BCUT2D eigenvalue weighted by atomic mass is 9.86. The summed E-state index contributed by atoms with van der Waals surface area (Å²) in [6.07, 6.45) is 4.80.